The van der Waals surface area contributed by atoms with Crippen molar-refractivity contribution in [1.82, 2.24) is 4.98 Å². The summed E-state index contributed by atoms with van der Waals surface area (Å²) < 4.78 is 5.56. The summed E-state index contributed by atoms with van der Waals surface area (Å²) in [4.78, 5) is 4.66. The molecule has 0 saturated heterocycles. The van der Waals surface area contributed by atoms with Crippen LogP contribution < -0.4 is 11.1 Å². The van der Waals surface area contributed by atoms with E-state index in [1.54, 1.807) is 6.26 Å². The van der Waals surface area contributed by atoms with Crippen LogP contribution in [0.4, 0.5) is 5.82 Å². The Bertz CT molecular complexity index is 671. The maximum Gasteiger partial charge on any atom is 0.145 e. The van der Waals surface area contributed by atoms with Crippen molar-refractivity contribution >= 4 is 5.82 Å². The zero-order valence-corrected chi connectivity index (χ0v) is 11.9. The quantitative estimate of drug-likeness (QED) is 0.899. The predicted molar refractivity (Wildman–Crippen MR) is 80.8 cm³/mol. The van der Waals surface area contributed by atoms with Crippen LogP contribution in [0.5, 0.6) is 0 Å². The maximum atomic E-state index is 9.60. The van der Waals surface area contributed by atoms with E-state index in [1.807, 2.05) is 12.1 Å². The van der Waals surface area contributed by atoms with Crippen LogP contribution in [0.3, 0.4) is 0 Å². The number of fused-ring (bicyclic) bond motifs is 1. The van der Waals surface area contributed by atoms with Crippen molar-refractivity contribution in [3.63, 3.8) is 0 Å². The first-order valence-electron chi connectivity index (χ1n) is 7.28. The van der Waals surface area contributed by atoms with Crippen molar-refractivity contribution < 1.29 is 4.42 Å². The van der Waals surface area contributed by atoms with Crippen LogP contribution in [0, 0.1) is 11.3 Å². The first-order chi connectivity index (χ1) is 10.3. The van der Waals surface area contributed by atoms with Gasteiger partial charge in [-0.15, -0.1) is 0 Å². The Morgan fingerprint density at radius 2 is 2.24 bits per heavy atom. The average Bonchev–Trinajstić information content (AvgIpc) is 3.05. The standard InChI is InChI=1S/C16H18N4O/c17-7-8-19-16-12(10-18)15(14-6-3-9-21-14)11-4-1-2-5-13(11)20-16/h3,6,9H,1-2,4-5,7-8,17H2,(H,19,20). The number of rotatable bonds is 4. The molecule has 0 aliphatic heterocycles. The van der Waals surface area contributed by atoms with Crippen LogP contribution in [0.2, 0.25) is 0 Å². The summed E-state index contributed by atoms with van der Waals surface area (Å²) in [7, 11) is 0. The molecule has 0 amide bonds. The van der Waals surface area contributed by atoms with E-state index in [2.05, 4.69) is 16.4 Å². The largest absolute Gasteiger partial charge is 0.464 e. The molecule has 0 radical (unpaired) electrons. The Labute approximate surface area is 123 Å². The number of furan rings is 1. The molecule has 0 saturated carbocycles. The average molecular weight is 282 g/mol. The molecular weight excluding hydrogens is 264 g/mol. The number of nitriles is 1. The van der Waals surface area contributed by atoms with E-state index in [0.717, 1.165) is 48.3 Å². The topological polar surface area (TPSA) is 87.9 Å². The minimum Gasteiger partial charge on any atom is -0.464 e. The number of hydrogen-bond donors (Lipinski definition) is 2. The zero-order valence-electron chi connectivity index (χ0n) is 11.9. The molecule has 1 aliphatic carbocycles. The molecule has 0 unspecified atom stereocenters. The van der Waals surface area contributed by atoms with Gasteiger partial charge < -0.3 is 15.5 Å². The monoisotopic (exact) mass is 282 g/mol. The number of aromatic nitrogens is 1. The van der Waals surface area contributed by atoms with E-state index in [1.165, 1.54) is 0 Å². The summed E-state index contributed by atoms with van der Waals surface area (Å²) in [6, 6.07) is 6.03. The lowest BCUT2D eigenvalue weighted by atomic mass is 9.89. The van der Waals surface area contributed by atoms with Crippen LogP contribution in [-0.4, -0.2) is 18.1 Å². The van der Waals surface area contributed by atoms with Crippen LogP contribution in [0.25, 0.3) is 11.3 Å². The van der Waals surface area contributed by atoms with Crippen molar-refractivity contribution in [2.45, 2.75) is 25.7 Å². The van der Waals surface area contributed by atoms with Crippen molar-refractivity contribution in [3.8, 4) is 17.4 Å². The Balaban J connectivity index is 2.20. The van der Waals surface area contributed by atoms with Crippen molar-refractivity contribution in [2.24, 2.45) is 5.73 Å². The molecule has 108 valence electrons. The van der Waals surface area contributed by atoms with Gasteiger partial charge >= 0.3 is 0 Å². The number of anilines is 1. The highest BCUT2D eigenvalue weighted by molar-refractivity contribution is 5.77. The molecule has 2 aromatic heterocycles. The predicted octanol–water partition coefficient (Wildman–Crippen LogP) is 2.46. The van der Waals surface area contributed by atoms with Gasteiger partial charge in [-0.3, -0.25) is 0 Å². The number of nitrogens with two attached hydrogens (primary N) is 1. The Morgan fingerprint density at radius 1 is 1.38 bits per heavy atom. The fourth-order valence-corrected chi connectivity index (χ4v) is 2.86. The van der Waals surface area contributed by atoms with E-state index < -0.39 is 0 Å². The van der Waals surface area contributed by atoms with Gasteiger partial charge in [-0.2, -0.15) is 5.26 Å². The molecule has 0 spiro atoms. The van der Waals surface area contributed by atoms with Gasteiger partial charge in [0.2, 0.25) is 0 Å². The van der Waals surface area contributed by atoms with E-state index in [9.17, 15) is 5.26 Å². The smallest absolute Gasteiger partial charge is 0.145 e. The Hall–Kier alpha value is -2.32. The second-order valence-electron chi connectivity index (χ2n) is 5.15. The van der Waals surface area contributed by atoms with Gasteiger partial charge in [0.05, 0.1) is 6.26 Å². The van der Waals surface area contributed by atoms with Crippen molar-refractivity contribution in [3.05, 3.63) is 35.2 Å². The number of nitrogens with zero attached hydrogens (tertiary/aromatic N) is 2. The van der Waals surface area contributed by atoms with Gasteiger partial charge in [0.1, 0.15) is 23.2 Å². The zero-order chi connectivity index (χ0) is 14.7. The van der Waals surface area contributed by atoms with E-state index >= 15 is 0 Å². The van der Waals surface area contributed by atoms with Gasteiger partial charge in [0.25, 0.3) is 0 Å². The molecule has 5 heteroatoms. The van der Waals surface area contributed by atoms with Crippen molar-refractivity contribution in [2.75, 3.05) is 18.4 Å². The molecular formula is C16H18N4O. The SMILES string of the molecule is N#Cc1c(NCCN)nc2c(c1-c1ccco1)CCCC2. The number of pyridine rings is 1. The lowest BCUT2D eigenvalue weighted by molar-refractivity contribution is 0.579. The first-order valence-corrected chi connectivity index (χ1v) is 7.28. The van der Waals surface area contributed by atoms with Gasteiger partial charge in [-0.05, 0) is 43.4 Å². The molecule has 0 fully saturated rings. The van der Waals surface area contributed by atoms with Crippen LogP contribution in [0.15, 0.2) is 22.8 Å². The summed E-state index contributed by atoms with van der Waals surface area (Å²) in [5.41, 5.74) is 9.23. The Kier molecular flexibility index (Phi) is 3.89. The van der Waals surface area contributed by atoms with Gasteiger partial charge in [-0.25, -0.2) is 4.98 Å². The van der Waals surface area contributed by atoms with Crippen LogP contribution in [-0.2, 0) is 12.8 Å². The molecule has 2 aromatic rings. The minimum absolute atomic E-state index is 0.500. The van der Waals surface area contributed by atoms with Gasteiger partial charge in [0.15, 0.2) is 0 Å². The third-order valence-corrected chi connectivity index (χ3v) is 3.79. The third kappa shape index (κ3) is 2.50. The summed E-state index contributed by atoms with van der Waals surface area (Å²) >= 11 is 0. The number of aryl methyl sites for hydroxylation is 1. The molecule has 2 heterocycles. The fraction of sp³-hybridized carbons (Fsp3) is 0.375. The van der Waals surface area contributed by atoms with Crippen molar-refractivity contribution in [1.29, 1.82) is 5.26 Å². The van der Waals surface area contributed by atoms with Gasteiger partial charge in [-0.1, -0.05) is 0 Å². The summed E-state index contributed by atoms with van der Waals surface area (Å²) in [5, 5.41) is 12.8. The van der Waals surface area contributed by atoms with Crippen LogP contribution in [0.1, 0.15) is 29.7 Å². The lowest BCUT2D eigenvalue weighted by Gasteiger charge is -2.21. The van der Waals surface area contributed by atoms with E-state index in [4.69, 9.17) is 10.2 Å². The second-order valence-corrected chi connectivity index (χ2v) is 5.15. The summed E-state index contributed by atoms with van der Waals surface area (Å²) in [6.07, 6.45) is 5.80. The second kappa shape index (κ2) is 5.98. The first kappa shape index (κ1) is 13.7. The Morgan fingerprint density at radius 3 is 2.95 bits per heavy atom. The summed E-state index contributed by atoms with van der Waals surface area (Å²) in [6.45, 7) is 1.10. The molecule has 0 bridgehead atoms. The normalized spacial score (nSPS) is 13.5. The summed E-state index contributed by atoms with van der Waals surface area (Å²) in [5.74, 6) is 1.36. The molecule has 0 aromatic carbocycles. The maximum absolute atomic E-state index is 9.60. The van der Waals surface area contributed by atoms with E-state index in [0.29, 0.717) is 24.5 Å². The lowest BCUT2D eigenvalue weighted by Crippen LogP contribution is -2.17. The fourth-order valence-electron chi connectivity index (χ4n) is 2.86. The highest BCUT2D eigenvalue weighted by Gasteiger charge is 2.24. The molecule has 21 heavy (non-hydrogen) atoms. The minimum atomic E-state index is 0.500. The molecule has 0 atom stereocenters. The number of nitrogens with one attached hydrogen (secondary N) is 1. The molecule has 3 rings (SSSR count). The number of hydrogen-bond acceptors (Lipinski definition) is 5. The highest BCUT2D eigenvalue weighted by atomic mass is 16.3. The highest BCUT2D eigenvalue weighted by Crippen LogP contribution is 2.36. The molecule has 5 nitrogen and oxygen atoms in total. The third-order valence-electron chi connectivity index (χ3n) is 3.79. The van der Waals surface area contributed by atoms with E-state index in [-0.39, 0.29) is 0 Å². The molecule has 1 aliphatic rings. The molecule has 3 N–H and O–H groups in total. The van der Waals surface area contributed by atoms with Gasteiger partial charge in [0, 0.05) is 24.3 Å². The van der Waals surface area contributed by atoms with Crippen LogP contribution >= 0.6 is 0 Å².